The van der Waals surface area contributed by atoms with Crippen molar-refractivity contribution >= 4 is 39.0 Å². The number of aryl methyl sites for hydroxylation is 3. The average Bonchev–Trinajstić information content (AvgIpc) is 2.83. The highest BCUT2D eigenvalue weighted by Gasteiger charge is 2.10. The van der Waals surface area contributed by atoms with Crippen LogP contribution in [0.4, 0.5) is 17.5 Å². The Hall–Kier alpha value is -2.18. The van der Waals surface area contributed by atoms with Gasteiger partial charge in [-0.3, -0.25) is 5.43 Å². The van der Waals surface area contributed by atoms with E-state index >= 15 is 0 Å². The number of rotatable bonds is 3. The molecule has 0 aliphatic rings. The van der Waals surface area contributed by atoms with E-state index in [1.54, 1.807) is 11.3 Å². The van der Waals surface area contributed by atoms with Gasteiger partial charge in [-0.2, -0.15) is 4.98 Å². The Morgan fingerprint density at radius 1 is 1.05 bits per heavy atom. The number of nitrogens with zero attached hydrogens (tertiary/aromatic N) is 2. The molecular weight excluding hydrogens is 282 g/mol. The van der Waals surface area contributed by atoms with Crippen LogP contribution < -0.4 is 16.6 Å². The van der Waals surface area contributed by atoms with Gasteiger partial charge in [0.05, 0.1) is 5.39 Å². The van der Waals surface area contributed by atoms with Gasteiger partial charge in [-0.1, -0.05) is 6.07 Å². The largest absolute Gasteiger partial charge is 0.340 e. The zero-order valence-electron chi connectivity index (χ0n) is 12.2. The number of nitrogens with two attached hydrogens (primary N) is 1. The van der Waals surface area contributed by atoms with Gasteiger partial charge < -0.3 is 5.32 Å². The van der Waals surface area contributed by atoms with Crippen LogP contribution in [0.3, 0.4) is 0 Å². The summed E-state index contributed by atoms with van der Waals surface area (Å²) in [7, 11) is 0. The molecule has 2 aromatic heterocycles. The first-order chi connectivity index (χ1) is 10.1. The van der Waals surface area contributed by atoms with E-state index in [9.17, 15) is 0 Å². The number of fused-ring (bicyclic) bond motifs is 1. The van der Waals surface area contributed by atoms with Crippen molar-refractivity contribution in [2.24, 2.45) is 5.84 Å². The van der Waals surface area contributed by atoms with Crippen LogP contribution in [-0.4, -0.2) is 9.97 Å². The second-order valence-corrected chi connectivity index (χ2v) is 6.27. The maximum atomic E-state index is 5.46. The first kappa shape index (κ1) is 13.8. The molecule has 0 atom stereocenters. The van der Waals surface area contributed by atoms with Crippen molar-refractivity contribution in [3.05, 3.63) is 40.3 Å². The van der Waals surface area contributed by atoms with Gasteiger partial charge in [-0.05, 0) is 50.1 Å². The summed E-state index contributed by atoms with van der Waals surface area (Å²) in [4.78, 5) is 10.9. The van der Waals surface area contributed by atoms with Crippen LogP contribution in [0.2, 0.25) is 0 Å². The molecule has 0 aliphatic heterocycles. The SMILES string of the molecule is Cc1cc2c(Nc3ccc(C)c(C)c3)nc(NN)nc2s1. The van der Waals surface area contributed by atoms with E-state index in [2.05, 4.69) is 59.7 Å². The molecule has 0 radical (unpaired) electrons. The molecule has 0 saturated carbocycles. The number of hydrazine groups is 1. The molecule has 0 aliphatic carbocycles. The number of hydrogen-bond acceptors (Lipinski definition) is 6. The van der Waals surface area contributed by atoms with Gasteiger partial charge in [0.1, 0.15) is 10.6 Å². The molecule has 2 heterocycles. The minimum atomic E-state index is 0.413. The Labute approximate surface area is 127 Å². The Morgan fingerprint density at radius 3 is 2.57 bits per heavy atom. The minimum absolute atomic E-state index is 0.413. The fourth-order valence-corrected chi connectivity index (χ4v) is 3.04. The van der Waals surface area contributed by atoms with Gasteiger partial charge in [-0.25, -0.2) is 10.8 Å². The van der Waals surface area contributed by atoms with Crippen molar-refractivity contribution < 1.29 is 0 Å². The molecule has 0 saturated heterocycles. The zero-order valence-corrected chi connectivity index (χ0v) is 13.0. The summed E-state index contributed by atoms with van der Waals surface area (Å²) in [6, 6.07) is 8.34. The van der Waals surface area contributed by atoms with Crippen molar-refractivity contribution in [3.63, 3.8) is 0 Å². The third-order valence-corrected chi connectivity index (χ3v) is 4.36. The molecule has 0 spiro atoms. The van der Waals surface area contributed by atoms with Crippen molar-refractivity contribution in [2.75, 3.05) is 10.7 Å². The van der Waals surface area contributed by atoms with E-state index in [1.165, 1.54) is 16.0 Å². The highest BCUT2D eigenvalue weighted by Crippen LogP contribution is 2.31. The van der Waals surface area contributed by atoms with Crippen molar-refractivity contribution in [2.45, 2.75) is 20.8 Å². The third kappa shape index (κ3) is 2.68. The maximum Gasteiger partial charge on any atom is 0.240 e. The lowest BCUT2D eigenvalue weighted by atomic mass is 10.1. The Balaban J connectivity index is 2.07. The molecule has 4 N–H and O–H groups in total. The number of thiophene rings is 1. The van der Waals surface area contributed by atoms with Gasteiger partial charge in [-0.15, -0.1) is 11.3 Å². The highest BCUT2D eigenvalue weighted by molar-refractivity contribution is 7.18. The van der Waals surface area contributed by atoms with Crippen LogP contribution in [0.15, 0.2) is 24.3 Å². The summed E-state index contributed by atoms with van der Waals surface area (Å²) in [5.74, 6) is 6.63. The van der Waals surface area contributed by atoms with E-state index in [0.29, 0.717) is 5.95 Å². The summed E-state index contributed by atoms with van der Waals surface area (Å²) in [6.45, 7) is 6.25. The predicted octanol–water partition coefficient (Wildman–Crippen LogP) is 3.65. The van der Waals surface area contributed by atoms with E-state index < -0.39 is 0 Å². The quantitative estimate of drug-likeness (QED) is 0.508. The number of nitrogen functional groups attached to an aromatic ring is 1. The van der Waals surface area contributed by atoms with Crippen LogP contribution in [0.25, 0.3) is 10.2 Å². The topological polar surface area (TPSA) is 75.9 Å². The molecule has 108 valence electrons. The molecular formula is C15H17N5S. The number of aromatic nitrogens is 2. The van der Waals surface area contributed by atoms with Gasteiger partial charge >= 0.3 is 0 Å². The molecule has 5 nitrogen and oxygen atoms in total. The normalized spacial score (nSPS) is 10.9. The minimum Gasteiger partial charge on any atom is -0.340 e. The lowest BCUT2D eigenvalue weighted by Gasteiger charge is -2.10. The molecule has 0 bridgehead atoms. The van der Waals surface area contributed by atoms with E-state index in [0.717, 1.165) is 21.7 Å². The van der Waals surface area contributed by atoms with Gasteiger partial charge in [0.25, 0.3) is 0 Å². The van der Waals surface area contributed by atoms with Crippen molar-refractivity contribution in [3.8, 4) is 0 Å². The number of benzene rings is 1. The third-order valence-electron chi connectivity index (χ3n) is 3.41. The van der Waals surface area contributed by atoms with Crippen molar-refractivity contribution in [1.82, 2.24) is 9.97 Å². The maximum absolute atomic E-state index is 5.46. The summed E-state index contributed by atoms with van der Waals surface area (Å²) >= 11 is 1.63. The van der Waals surface area contributed by atoms with Gasteiger partial charge in [0, 0.05) is 10.6 Å². The Morgan fingerprint density at radius 2 is 1.86 bits per heavy atom. The Bertz CT molecular complexity index is 809. The van der Waals surface area contributed by atoms with E-state index in [1.807, 2.05) is 6.07 Å². The zero-order chi connectivity index (χ0) is 15.0. The van der Waals surface area contributed by atoms with Crippen LogP contribution in [-0.2, 0) is 0 Å². The first-order valence-corrected chi connectivity index (χ1v) is 7.47. The molecule has 1 aromatic carbocycles. The molecule has 3 rings (SSSR count). The molecule has 0 fully saturated rings. The second-order valence-electron chi connectivity index (χ2n) is 5.04. The number of nitrogens with one attached hydrogen (secondary N) is 2. The van der Waals surface area contributed by atoms with E-state index in [-0.39, 0.29) is 0 Å². The van der Waals surface area contributed by atoms with Gasteiger partial charge in [0.15, 0.2) is 0 Å². The Kier molecular flexibility index (Phi) is 3.48. The number of anilines is 3. The molecule has 0 amide bonds. The van der Waals surface area contributed by atoms with Gasteiger partial charge in [0.2, 0.25) is 5.95 Å². The lowest BCUT2D eigenvalue weighted by molar-refractivity contribution is 1.16. The molecule has 21 heavy (non-hydrogen) atoms. The smallest absolute Gasteiger partial charge is 0.240 e. The highest BCUT2D eigenvalue weighted by atomic mass is 32.1. The predicted molar refractivity (Wildman–Crippen MR) is 89.2 cm³/mol. The van der Waals surface area contributed by atoms with Crippen LogP contribution in [0.1, 0.15) is 16.0 Å². The summed E-state index contributed by atoms with van der Waals surface area (Å²) in [6.07, 6.45) is 0. The first-order valence-electron chi connectivity index (χ1n) is 6.66. The summed E-state index contributed by atoms with van der Waals surface area (Å²) in [5.41, 5.74) is 6.03. The summed E-state index contributed by atoms with van der Waals surface area (Å²) < 4.78 is 0. The van der Waals surface area contributed by atoms with Crippen LogP contribution in [0, 0.1) is 20.8 Å². The van der Waals surface area contributed by atoms with Crippen LogP contribution in [0.5, 0.6) is 0 Å². The fourth-order valence-electron chi connectivity index (χ4n) is 2.16. The fraction of sp³-hybridized carbons (Fsp3) is 0.200. The molecule has 6 heteroatoms. The monoisotopic (exact) mass is 299 g/mol. The van der Waals surface area contributed by atoms with Crippen LogP contribution >= 0.6 is 11.3 Å². The molecule has 3 aromatic rings. The standard InChI is InChI=1S/C15H17N5S/c1-8-4-5-11(6-9(8)2)17-13-12-7-10(3)21-14(12)19-15(18-13)20-16/h4-7H,16H2,1-3H3,(H2,17,18,19,20). The average molecular weight is 299 g/mol. The second kappa shape index (κ2) is 5.31. The molecule has 0 unspecified atom stereocenters. The summed E-state index contributed by atoms with van der Waals surface area (Å²) in [5, 5.41) is 4.37. The lowest BCUT2D eigenvalue weighted by Crippen LogP contribution is -2.11. The number of hydrogen-bond donors (Lipinski definition) is 3. The van der Waals surface area contributed by atoms with E-state index in [4.69, 9.17) is 5.84 Å². The van der Waals surface area contributed by atoms with Crippen molar-refractivity contribution in [1.29, 1.82) is 0 Å².